The van der Waals surface area contributed by atoms with Gasteiger partial charge in [-0.2, -0.15) is 0 Å². The van der Waals surface area contributed by atoms with Crippen LogP contribution in [0.15, 0.2) is 36.4 Å². The Kier molecular flexibility index (Phi) is 2.46. The van der Waals surface area contributed by atoms with Crippen molar-refractivity contribution in [1.29, 1.82) is 0 Å². The molecule has 0 amide bonds. The molecule has 0 saturated carbocycles. The molecule has 3 heteroatoms. The lowest BCUT2D eigenvalue weighted by atomic mass is 9.90. The van der Waals surface area contributed by atoms with E-state index in [4.69, 9.17) is 5.11 Å². The van der Waals surface area contributed by atoms with Crippen LogP contribution in [0.4, 0.5) is 0 Å². The molecular weight excluding hydrogens is 187 g/mol. The van der Waals surface area contributed by atoms with Gasteiger partial charge >= 0.3 is 5.97 Å². The SMILES string of the molecule is BCc1ccc(C(=O)O)c2ccccc12. The van der Waals surface area contributed by atoms with Gasteiger partial charge in [0.05, 0.1) is 5.56 Å². The Balaban J connectivity index is 2.83. The molecule has 0 atom stereocenters. The van der Waals surface area contributed by atoms with Crippen molar-refractivity contribution in [2.24, 2.45) is 0 Å². The van der Waals surface area contributed by atoms with E-state index in [9.17, 15) is 4.79 Å². The summed E-state index contributed by atoms with van der Waals surface area (Å²) in [6.07, 6.45) is 0.917. The molecule has 0 saturated heterocycles. The molecule has 1 N–H and O–H groups in total. The van der Waals surface area contributed by atoms with Crippen molar-refractivity contribution in [2.75, 3.05) is 0 Å². The minimum absolute atomic E-state index is 0.378. The smallest absolute Gasteiger partial charge is 0.336 e. The Morgan fingerprint density at radius 2 is 1.80 bits per heavy atom. The highest BCUT2D eigenvalue weighted by atomic mass is 16.4. The van der Waals surface area contributed by atoms with E-state index in [1.54, 1.807) is 6.07 Å². The number of hydrogen-bond donors (Lipinski definition) is 1. The van der Waals surface area contributed by atoms with E-state index in [0.717, 1.165) is 17.1 Å². The fourth-order valence-corrected chi connectivity index (χ4v) is 1.86. The Labute approximate surface area is 89.0 Å². The minimum atomic E-state index is -0.867. The average Bonchev–Trinajstić information content (AvgIpc) is 2.27. The average molecular weight is 198 g/mol. The number of aromatic carboxylic acids is 1. The molecule has 2 nitrogen and oxygen atoms in total. The predicted molar refractivity (Wildman–Crippen MR) is 63.2 cm³/mol. The Morgan fingerprint density at radius 3 is 2.40 bits per heavy atom. The van der Waals surface area contributed by atoms with Crippen molar-refractivity contribution >= 4 is 24.6 Å². The summed E-state index contributed by atoms with van der Waals surface area (Å²) >= 11 is 0. The van der Waals surface area contributed by atoms with Gasteiger partial charge in [-0.05, 0) is 22.4 Å². The standard InChI is InChI=1S/C12H11BO2/c13-7-8-5-6-11(12(14)15)10-4-2-1-3-9(8)10/h1-6H,7,13H2,(H,14,15). The third-order valence-electron chi connectivity index (χ3n) is 2.63. The summed E-state index contributed by atoms with van der Waals surface area (Å²) in [6.45, 7) is 0. The van der Waals surface area contributed by atoms with Gasteiger partial charge in [0.2, 0.25) is 0 Å². The van der Waals surface area contributed by atoms with Crippen molar-refractivity contribution in [3.63, 3.8) is 0 Å². The largest absolute Gasteiger partial charge is 0.478 e. The van der Waals surface area contributed by atoms with Crippen LogP contribution >= 0.6 is 0 Å². The normalized spacial score (nSPS) is 10.4. The molecule has 0 radical (unpaired) electrons. The molecule has 2 aromatic carbocycles. The summed E-state index contributed by atoms with van der Waals surface area (Å²) in [6, 6.07) is 11.2. The van der Waals surface area contributed by atoms with Gasteiger partial charge in [-0.1, -0.05) is 36.7 Å². The summed E-state index contributed by atoms with van der Waals surface area (Å²) in [5.74, 6) is -0.867. The van der Waals surface area contributed by atoms with Crippen LogP contribution in [0.5, 0.6) is 0 Å². The van der Waals surface area contributed by atoms with Gasteiger partial charge in [0.1, 0.15) is 7.85 Å². The van der Waals surface area contributed by atoms with Crippen molar-refractivity contribution in [3.05, 3.63) is 47.5 Å². The van der Waals surface area contributed by atoms with Gasteiger partial charge in [0, 0.05) is 0 Å². The molecule has 2 aromatic rings. The van der Waals surface area contributed by atoms with E-state index >= 15 is 0 Å². The van der Waals surface area contributed by atoms with E-state index < -0.39 is 5.97 Å². The van der Waals surface area contributed by atoms with Crippen molar-refractivity contribution in [2.45, 2.75) is 6.32 Å². The molecule has 0 fully saturated rings. The number of carboxylic acids is 1. The van der Waals surface area contributed by atoms with Crippen molar-refractivity contribution in [1.82, 2.24) is 0 Å². The zero-order chi connectivity index (χ0) is 10.8. The second kappa shape index (κ2) is 3.77. The number of carbonyl (C=O) groups is 1. The lowest BCUT2D eigenvalue weighted by Gasteiger charge is -2.06. The van der Waals surface area contributed by atoms with Gasteiger partial charge in [-0.25, -0.2) is 4.79 Å². The van der Waals surface area contributed by atoms with E-state index in [1.807, 2.05) is 30.3 Å². The zero-order valence-corrected chi connectivity index (χ0v) is 8.53. The molecule has 0 heterocycles. The first-order valence-corrected chi connectivity index (χ1v) is 4.98. The number of benzene rings is 2. The van der Waals surface area contributed by atoms with E-state index in [2.05, 4.69) is 7.85 Å². The number of hydrogen-bond acceptors (Lipinski definition) is 1. The first kappa shape index (κ1) is 9.78. The molecule has 0 aliphatic heterocycles. The summed E-state index contributed by atoms with van der Waals surface area (Å²) in [5, 5.41) is 10.9. The lowest BCUT2D eigenvalue weighted by molar-refractivity contribution is 0.0699. The summed E-state index contributed by atoms with van der Waals surface area (Å²) in [5.41, 5.74) is 1.57. The van der Waals surface area contributed by atoms with Crippen LogP contribution in [-0.2, 0) is 6.32 Å². The number of fused-ring (bicyclic) bond motifs is 1. The van der Waals surface area contributed by atoms with Gasteiger partial charge in [-0.15, -0.1) is 0 Å². The molecular formula is C12H11BO2. The van der Waals surface area contributed by atoms with Crippen LogP contribution in [-0.4, -0.2) is 18.9 Å². The number of carboxylic acid groups (broad SMARTS) is 1. The third-order valence-corrected chi connectivity index (χ3v) is 2.63. The minimum Gasteiger partial charge on any atom is -0.478 e. The van der Waals surface area contributed by atoms with Crippen molar-refractivity contribution < 1.29 is 9.90 Å². The highest BCUT2D eigenvalue weighted by Gasteiger charge is 2.09. The molecule has 2 rings (SSSR count). The monoisotopic (exact) mass is 198 g/mol. The second-order valence-corrected chi connectivity index (χ2v) is 3.48. The Morgan fingerprint density at radius 1 is 1.13 bits per heavy atom. The highest BCUT2D eigenvalue weighted by Crippen LogP contribution is 2.22. The highest BCUT2D eigenvalue weighted by molar-refractivity contribution is 6.11. The molecule has 0 unspecified atom stereocenters. The first-order chi connectivity index (χ1) is 7.24. The van der Waals surface area contributed by atoms with Crippen LogP contribution in [0.1, 0.15) is 15.9 Å². The van der Waals surface area contributed by atoms with Crippen LogP contribution < -0.4 is 0 Å². The topological polar surface area (TPSA) is 37.3 Å². The van der Waals surface area contributed by atoms with E-state index in [0.29, 0.717) is 5.56 Å². The maximum Gasteiger partial charge on any atom is 0.336 e. The van der Waals surface area contributed by atoms with Gasteiger partial charge in [-0.3, -0.25) is 0 Å². The third kappa shape index (κ3) is 1.61. The quantitative estimate of drug-likeness (QED) is 0.745. The molecule has 0 aliphatic carbocycles. The van der Waals surface area contributed by atoms with Crippen LogP contribution in [0.3, 0.4) is 0 Å². The predicted octanol–water partition coefficient (Wildman–Crippen LogP) is 1.67. The van der Waals surface area contributed by atoms with Gasteiger partial charge in [0.25, 0.3) is 0 Å². The first-order valence-electron chi connectivity index (χ1n) is 4.98. The zero-order valence-electron chi connectivity index (χ0n) is 8.53. The summed E-state index contributed by atoms with van der Waals surface area (Å²) in [4.78, 5) is 11.0. The molecule has 0 bridgehead atoms. The fourth-order valence-electron chi connectivity index (χ4n) is 1.86. The van der Waals surface area contributed by atoms with Gasteiger partial charge < -0.3 is 5.11 Å². The second-order valence-electron chi connectivity index (χ2n) is 3.48. The molecule has 74 valence electrons. The molecule has 0 aliphatic rings. The Hall–Kier alpha value is -1.77. The number of rotatable bonds is 2. The van der Waals surface area contributed by atoms with Crippen LogP contribution in [0, 0.1) is 0 Å². The summed E-state index contributed by atoms with van der Waals surface area (Å²) < 4.78 is 0. The maximum atomic E-state index is 11.0. The Bertz CT molecular complexity index is 520. The van der Waals surface area contributed by atoms with E-state index in [1.165, 1.54) is 5.56 Å². The van der Waals surface area contributed by atoms with Crippen molar-refractivity contribution in [3.8, 4) is 0 Å². The van der Waals surface area contributed by atoms with Crippen LogP contribution in [0.2, 0.25) is 0 Å². The fraction of sp³-hybridized carbons (Fsp3) is 0.0833. The van der Waals surface area contributed by atoms with Crippen LogP contribution in [0.25, 0.3) is 10.8 Å². The lowest BCUT2D eigenvalue weighted by Crippen LogP contribution is -1.99. The van der Waals surface area contributed by atoms with E-state index in [-0.39, 0.29) is 0 Å². The van der Waals surface area contributed by atoms with Gasteiger partial charge in [0.15, 0.2) is 0 Å². The molecule has 15 heavy (non-hydrogen) atoms. The maximum absolute atomic E-state index is 11.0. The molecule has 0 spiro atoms. The summed E-state index contributed by atoms with van der Waals surface area (Å²) in [7, 11) is 2.07. The molecule has 0 aromatic heterocycles.